The van der Waals surface area contributed by atoms with Gasteiger partial charge in [-0.1, -0.05) is 0 Å². The van der Waals surface area contributed by atoms with Gasteiger partial charge in [0.1, 0.15) is 0 Å². The van der Waals surface area contributed by atoms with Gasteiger partial charge in [-0.15, -0.1) is 0 Å². The number of nitrogens with zero attached hydrogens (tertiary/aromatic N) is 1. The van der Waals surface area contributed by atoms with Gasteiger partial charge in [-0.25, -0.2) is 8.78 Å². The van der Waals surface area contributed by atoms with E-state index in [1.54, 1.807) is 0 Å². The fourth-order valence-electron chi connectivity index (χ4n) is 1.92. The van der Waals surface area contributed by atoms with E-state index in [1.807, 2.05) is 0 Å². The van der Waals surface area contributed by atoms with Crippen LogP contribution in [0.3, 0.4) is 0 Å². The Balaban J connectivity index is 2.13. The Hall–Kier alpha value is -1.91. The summed E-state index contributed by atoms with van der Waals surface area (Å²) in [6.45, 7) is 0. The van der Waals surface area contributed by atoms with Crippen LogP contribution >= 0.6 is 0 Å². The lowest BCUT2D eigenvalue weighted by molar-refractivity contribution is 0.507. The summed E-state index contributed by atoms with van der Waals surface area (Å²) >= 11 is 0. The van der Waals surface area contributed by atoms with Crippen LogP contribution in [-0.2, 0) is 0 Å². The molecule has 1 N–H and O–H groups in total. The lowest BCUT2D eigenvalue weighted by Crippen LogP contribution is -2.05. The molecule has 1 aliphatic rings. The van der Waals surface area contributed by atoms with Crippen molar-refractivity contribution in [2.75, 3.05) is 0 Å². The molecular weight excluding hydrogens is 226 g/mol. The molecule has 0 amide bonds. The molecule has 0 radical (unpaired) electrons. The van der Waals surface area contributed by atoms with Gasteiger partial charge in [0.15, 0.2) is 11.6 Å². The molecule has 1 aliphatic carbocycles. The van der Waals surface area contributed by atoms with Crippen LogP contribution < -0.4 is 5.56 Å². The average Bonchev–Trinajstić information content (AvgIpc) is 3.06. The van der Waals surface area contributed by atoms with Gasteiger partial charge >= 0.3 is 0 Å². The molecule has 0 saturated heterocycles. The zero-order chi connectivity index (χ0) is 12.0. The van der Waals surface area contributed by atoms with Gasteiger partial charge in [-0.3, -0.25) is 14.6 Å². The van der Waals surface area contributed by atoms with Gasteiger partial charge in [-0.05, 0) is 25.0 Å². The molecule has 1 aromatic heterocycles. The van der Waals surface area contributed by atoms with Gasteiger partial charge in [0.05, 0.1) is 5.69 Å². The summed E-state index contributed by atoms with van der Waals surface area (Å²) in [7, 11) is 0. The quantitative estimate of drug-likeness (QED) is 0.853. The van der Waals surface area contributed by atoms with Gasteiger partial charge < -0.3 is 0 Å². The minimum Gasteiger partial charge on any atom is -0.268 e. The molecule has 0 bridgehead atoms. The Morgan fingerprint density at radius 2 is 1.94 bits per heavy atom. The first-order valence-corrected chi connectivity index (χ1v) is 5.42. The Kier molecular flexibility index (Phi) is 2.14. The summed E-state index contributed by atoms with van der Waals surface area (Å²) in [6.07, 6.45) is 2.06. The molecule has 1 saturated carbocycles. The highest BCUT2D eigenvalue weighted by Crippen LogP contribution is 2.40. The van der Waals surface area contributed by atoms with Gasteiger partial charge in [0.2, 0.25) is 0 Å². The number of hydrogen-bond donors (Lipinski definition) is 1. The maximum atomic E-state index is 13.1. The van der Waals surface area contributed by atoms with Gasteiger partial charge in [0.25, 0.3) is 5.56 Å². The van der Waals surface area contributed by atoms with Crippen LogP contribution in [0.1, 0.15) is 24.5 Å². The molecule has 88 valence electrons. The van der Waals surface area contributed by atoms with E-state index in [2.05, 4.69) is 5.10 Å². The monoisotopic (exact) mass is 236 g/mol. The number of aromatic nitrogens is 2. The zero-order valence-corrected chi connectivity index (χ0v) is 8.91. The maximum Gasteiger partial charge on any atom is 0.264 e. The van der Waals surface area contributed by atoms with E-state index in [1.165, 1.54) is 16.8 Å². The van der Waals surface area contributed by atoms with Crippen LogP contribution in [0, 0.1) is 11.6 Å². The van der Waals surface area contributed by atoms with Crippen molar-refractivity contribution in [3.05, 3.63) is 51.9 Å². The van der Waals surface area contributed by atoms with Crippen LogP contribution in [0.5, 0.6) is 0 Å². The van der Waals surface area contributed by atoms with Crippen LogP contribution in [0.2, 0.25) is 0 Å². The highest BCUT2D eigenvalue weighted by molar-refractivity contribution is 5.35. The van der Waals surface area contributed by atoms with E-state index in [0.717, 1.165) is 30.7 Å². The van der Waals surface area contributed by atoms with Gasteiger partial charge in [0, 0.05) is 23.7 Å². The van der Waals surface area contributed by atoms with Crippen molar-refractivity contribution in [1.29, 1.82) is 0 Å². The molecular formula is C12H10F2N2O. The molecule has 17 heavy (non-hydrogen) atoms. The van der Waals surface area contributed by atoms with Crippen molar-refractivity contribution in [3.63, 3.8) is 0 Å². The third kappa shape index (κ3) is 1.77. The van der Waals surface area contributed by atoms with Crippen LogP contribution in [0.25, 0.3) is 5.69 Å². The number of halogens is 2. The molecule has 1 heterocycles. The van der Waals surface area contributed by atoms with Crippen LogP contribution in [-0.4, -0.2) is 9.78 Å². The molecule has 1 aromatic carbocycles. The Labute approximate surface area is 95.7 Å². The van der Waals surface area contributed by atoms with E-state index >= 15 is 0 Å². The smallest absolute Gasteiger partial charge is 0.264 e. The number of benzene rings is 1. The second-order valence-electron chi connectivity index (χ2n) is 4.25. The molecule has 0 atom stereocenters. The first-order valence-electron chi connectivity index (χ1n) is 5.42. The largest absolute Gasteiger partial charge is 0.268 e. The lowest BCUT2D eigenvalue weighted by atomic mass is 10.2. The predicted molar refractivity (Wildman–Crippen MR) is 58.3 cm³/mol. The highest BCUT2D eigenvalue weighted by atomic mass is 19.2. The third-order valence-electron chi connectivity index (χ3n) is 2.92. The molecule has 2 aromatic rings. The first kappa shape index (κ1) is 10.3. The van der Waals surface area contributed by atoms with Crippen molar-refractivity contribution in [2.45, 2.75) is 18.8 Å². The Morgan fingerprint density at radius 1 is 1.18 bits per heavy atom. The molecule has 3 nitrogen and oxygen atoms in total. The minimum atomic E-state index is -0.918. The fraction of sp³-hybridized carbons (Fsp3) is 0.250. The average molecular weight is 236 g/mol. The number of nitrogens with one attached hydrogen (secondary N) is 1. The Morgan fingerprint density at radius 3 is 2.59 bits per heavy atom. The topological polar surface area (TPSA) is 37.8 Å². The second-order valence-corrected chi connectivity index (χ2v) is 4.25. The SMILES string of the molecule is O=c1cc(C2CC2)n(-c2ccc(F)c(F)c2)[nH]1. The predicted octanol–water partition coefficient (Wildman–Crippen LogP) is 2.32. The second kappa shape index (κ2) is 3.55. The molecule has 1 fully saturated rings. The summed E-state index contributed by atoms with van der Waals surface area (Å²) < 4.78 is 27.5. The van der Waals surface area contributed by atoms with Crippen molar-refractivity contribution >= 4 is 0 Å². The molecule has 5 heteroatoms. The summed E-state index contributed by atoms with van der Waals surface area (Å²) in [5.41, 5.74) is 1.05. The summed E-state index contributed by atoms with van der Waals surface area (Å²) in [4.78, 5) is 11.3. The van der Waals surface area contributed by atoms with E-state index < -0.39 is 11.6 Å². The minimum absolute atomic E-state index is 0.225. The van der Waals surface area contributed by atoms with Gasteiger partial charge in [-0.2, -0.15) is 0 Å². The van der Waals surface area contributed by atoms with E-state index in [4.69, 9.17) is 0 Å². The van der Waals surface area contributed by atoms with Crippen molar-refractivity contribution < 1.29 is 8.78 Å². The van der Waals surface area contributed by atoms with Crippen molar-refractivity contribution in [2.24, 2.45) is 0 Å². The Bertz CT molecular complexity index is 626. The molecule has 3 rings (SSSR count). The number of rotatable bonds is 2. The van der Waals surface area contributed by atoms with Crippen LogP contribution in [0.15, 0.2) is 29.1 Å². The molecule has 0 aliphatic heterocycles. The maximum absolute atomic E-state index is 13.1. The number of aromatic amines is 1. The number of H-pyrrole nitrogens is 1. The van der Waals surface area contributed by atoms with Crippen LogP contribution in [0.4, 0.5) is 8.78 Å². The summed E-state index contributed by atoms with van der Waals surface area (Å²) in [5.74, 6) is -1.46. The zero-order valence-electron chi connectivity index (χ0n) is 8.91. The first-order chi connectivity index (χ1) is 8.15. The van der Waals surface area contributed by atoms with Crippen molar-refractivity contribution in [3.8, 4) is 5.69 Å². The molecule has 0 unspecified atom stereocenters. The summed E-state index contributed by atoms with van der Waals surface area (Å²) in [6, 6.07) is 5.09. The van der Waals surface area contributed by atoms with E-state index in [9.17, 15) is 13.6 Å². The van der Waals surface area contributed by atoms with E-state index in [0.29, 0.717) is 11.6 Å². The summed E-state index contributed by atoms with van der Waals surface area (Å²) in [5, 5.41) is 2.60. The van der Waals surface area contributed by atoms with E-state index in [-0.39, 0.29) is 5.56 Å². The third-order valence-corrected chi connectivity index (χ3v) is 2.92. The fourth-order valence-corrected chi connectivity index (χ4v) is 1.92. The van der Waals surface area contributed by atoms with Crippen molar-refractivity contribution in [1.82, 2.24) is 9.78 Å². The molecule has 0 spiro atoms. The lowest BCUT2D eigenvalue weighted by Gasteiger charge is -2.07. The highest BCUT2D eigenvalue weighted by Gasteiger charge is 2.28. The normalized spacial score (nSPS) is 15.2. The standard InChI is InChI=1S/C12H10F2N2O/c13-9-4-3-8(5-10(9)14)16-11(7-1-2-7)6-12(17)15-16/h3-7H,1-2H2,(H,15,17). The number of hydrogen-bond acceptors (Lipinski definition) is 1.